The average molecular weight is 666 g/mol. The molecule has 2 N–H and O–H groups in total. The predicted molar refractivity (Wildman–Crippen MR) is 148 cm³/mol. The fourth-order valence-electron chi connectivity index (χ4n) is 5.78. The van der Waals surface area contributed by atoms with Gasteiger partial charge >= 0.3 is 24.5 Å². The van der Waals surface area contributed by atoms with Crippen LogP contribution in [0.15, 0.2) is 47.3 Å². The molecular weight excluding hydrogens is 637 g/mol. The molecule has 1 aliphatic rings. The molecule has 0 aliphatic carbocycles. The Labute approximate surface area is 255 Å². The number of amides is 1. The van der Waals surface area contributed by atoms with Crippen LogP contribution < -0.4 is 10.9 Å². The Morgan fingerprint density at radius 3 is 2.09 bits per heavy atom. The molecule has 2 aromatic carbocycles. The Morgan fingerprint density at radius 2 is 1.54 bits per heavy atom. The molecule has 250 valence electrons. The van der Waals surface area contributed by atoms with E-state index in [1.54, 1.807) is 0 Å². The Kier molecular flexibility index (Phi) is 9.27. The number of carboxylic acids is 1. The number of nitrogens with one attached hydrogen (secondary N) is 1. The number of benzene rings is 2. The second-order valence-corrected chi connectivity index (χ2v) is 11.3. The van der Waals surface area contributed by atoms with Crippen molar-refractivity contribution in [3.8, 4) is 11.1 Å². The van der Waals surface area contributed by atoms with Crippen molar-refractivity contribution in [2.45, 2.75) is 50.8 Å². The first kappa shape index (κ1) is 34.8. The molecule has 4 rings (SSSR count). The summed E-state index contributed by atoms with van der Waals surface area (Å²) in [5.74, 6) is -3.43. The minimum Gasteiger partial charge on any atom is -0.480 e. The molecule has 1 aliphatic heterocycles. The lowest BCUT2D eigenvalue weighted by atomic mass is 9.76. The van der Waals surface area contributed by atoms with Crippen LogP contribution in [0.4, 0.5) is 39.5 Å². The number of aliphatic carboxylic acids is 1. The zero-order valence-electron chi connectivity index (χ0n) is 24.3. The van der Waals surface area contributed by atoms with Crippen LogP contribution in [0.5, 0.6) is 0 Å². The minimum atomic E-state index is -5.21. The van der Waals surface area contributed by atoms with Crippen LogP contribution in [0, 0.1) is 12.3 Å². The van der Waals surface area contributed by atoms with E-state index in [0.717, 1.165) is 15.5 Å². The molecule has 1 fully saturated rings. The number of halogens is 9. The van der Waals surface area contributed by atoms with Gasteiger partial charge in [0.05, 0.1) is 17.7 Å². The van der Waals surface area contributed by atoms with E-state index < -0.39 is 97.4 Å². The number of pyridine rings is 1. The van der Waals surface area contributed by atoms with Crippen LogP contribution >= 0.6 is 0 Å². The fraction of sp³-hybridized carbons (Fsp3) is 0.433. The highest BCUT2D eigenvalue weighted by Crippen LogP contribution is 2.47. The molecule has 1 saturated heterocycles. The lowest BCUT2D eigenvalue weighted by Gasteiger charge is -2.42. The highest BCUT2D eigenvalue weighted by atomic mass is 19.4. The van der Waals surface area contributed by atoms with E-state index >= 15 is 0 Å². The summed E-state index contributed by atoms with van der Waals surface area (Å²) in [5.41, 5.74) is -5.88. The van der Waals surface area contributed by atoms with E-state index in [2.05, 4.69) is 0 Å². The summed E-state index contributed by atoms with van der Waals surface area (Å²) in [6, 6.07) is 7.04. The van der Waals surface area contributed by atoms with Crippen LogP contribution in [-0.2, 0) is 29.2 Å². The van der Waals surface area contributed by atoms with Crippen molar-refractivity contribution in [1.82, 2.24) is 14.8 Å². The van der Waals surface area contributed by atoms with Crippen LogP contribution in [0.25, 0.3) is 21.9 Å². The lowest BCUT2D eigenvalue weighted by Crippen LogP contribution is -2.59. The first-order valence-electron chi connectivity index (χ1n) is 13.8. The number of fused-ring (bicyclic) bond motifs is 1. The summed E-state index contributed by atoms with van der Waals surface area (Å²) in [5, 5.41) is 12.1. The molecule has 0 saturated carbocycles. The second-order valence-electron chi connectivity index (χ2n) is 11.3. The SMILES string of the molecule is Cc1cc(C(F)(F)F)c(-c2cccc3c(C[C@H](NC(=O)C4(C(F)(F)F)CCN(CC(F)(F)F)CC4)C(=O)O)cccc23)c(=O)n1C. The van der Waals surface area contributed by atoms with Crippen molar-refractivity contribution >= 4 is 22.6 Å². The Morgan fingerprint density at radius 1 is 0.957 bits per heavy atom. The summed E-state index contributed by atoms with van der Waals surface area (Å²) < 4.78 is 124. The van der Waals surface area contributed by atoms with Crippen LogP contribution in [0.2, 0.25) is 0 Å². The van der Waals surface area contributed by atoms with Gasteiger partial charge in [-0.25, -0.2) is 4.79 Å². The molecule has 1 atom stereocenters. The van der Waals surface area contributed by atoms with Gasteiger partial charge < -0.3 is 15.0 Å². The van der Waals surface area contributed by atoms with E-state index in [9.17, 15) is 59.0 Å². The number of nitrogens with zero attached hydrogens (tertiary/aromatic N) is 2. The van der Waals surface area contributed by atoms with Crippen molar-refractivity contribution in [2.24, 2.45) is 12.5 Å². The molecule has 0 radical (unpaired) electrons. The van der Waals surface area contributed by atoms with Gasteiger partial charge in [-0.05, 0) is 60.8 Å². The topological polar surface area (TPSA) is 91.6 Å². The van der Waals surface area contributed by atoms with Gasteiger partial charge in [0.25, 0.3) is 5.56 Å². The van der Waals surface area contributed by atoms with Crippen LogP contribution in [0.1, 0.15) is 29.7 Å². The molecule has 1 aromatic heterocycles. The first-order valence-corrected chi connectivity index (χ1v) is 13.8. The number of carboxylic acid groups (broad SMARTS) is 1. The normalized spacial score (nSPS) is 16.8. The number of aromatic nitrogens is 1. The van der Waals surface area contributed by atoms with Gasteiger partial charge in [0.1, 0.15) is 11.5 Å². The maximum absolute atomic E-state index is 14.3. The van der Waals surface area contributed by atoms with Crippen molar-refractivity contribution in [3.05, 3.63) is 69.6 Å². The molecular formula is C30H28F9N3O4. The van der Waals surface area contributed by atoms with Crippen LogP contribution in [-0.4, -0.2) is 64.5 Å². The third-order valence-electron chi connectivity index (χ3n) is 8.37. The smallest absolute Gasteiger partial charge is 0.417 e. The summed E-state index contributed by atoms with van der Waals surface area (Å²) in [6.45, 7) is -1.57. The first-order chi connectivity index (χ1) is 21.2. The molecule has 16 heteroatoms. The largest absolute Gasteiger partial charge is 0.480 e. The minimum absolute atomic E-state index is 0.0460. The van der Waals surface area contributed by atoms with Crippen LogP contribution in [0.3, 0.4) is 0 Å². The zero-order chi connectivity index (χ0) is 34.4. The van der Waals surface area contributed by atoms with E-state index in [1.165, 1.54) is 50.4 Å². The number of hydrogen-bond acceptors (Lipinski definition) is 4. The van der Waals surface area contributed by atoms with E-state index in [-0.39, 0.29) is 27.6 Å². The number of aryl methyl sites for hydroxylation is 1. The molecule has 0 bridgehead atoms. The highest BCUT2D eigenvalue weighted by molar-refractivity contribution is 5.99. The average Bonchev–Trinajstić information content (AvgIpc) is 2.93. The summed E-state index contributed by atoms with van der Waals surface area (Å²) in [6.07, 6.45) is -17.5. The van der Waals surface area contributed by atoms with Gasteiger partial charge in [0, 0.05) is 19.2 Å². The van der Waals surface area contributed by atoms with Gasteiger partial charge in [-0.3, -0.25) is 14.5 Å². The van der Waals surface area contributed by atoms with Crippen molar-refractivity contribution in [1.29, 1.82) is 0 Å². The Hall–Kier alpha value is -4.08. The number of rotatable bonds is 7. The maximum Gasteiger partial charge on any atom is 0.417 e. The zero-order valence-corrected chi connectivity index (χ0v) is 24.3. The summed E-state index contributed by atoms with van der Waals surface area (Å²) in [4.78, 5) is 39.1. The van der Waals surface area contributed by atoms with Crippen molar-refractivity contribution in [3.63, 3.8) is 0 Å². The summed E-state index contributed by atoms with van der Waals surface area (Å²) in [7, 11) is 1.30. The molecule has 3 aromatic rings. The quantitative estimate of drug-likeness (QED) is 0.309. The third-order valence-corrected chi connectivity index (χ3v) is 8.37. The summed E-state index contributed by atoms with van der Waals surface area (Å²) >= 11 is 0. The van der Waals surface area contributed by atoms with Crippen molar-refractivity contribution < 1.29 is 54.2 Å². The fourth-order valence-corrected chi connectivity index (χ4v) is 5.78. The number of carbonyl (C=O) groups is 2. The Bertz CT molecular complexity index is 1700. The van der Waals surface area contributed by atoms with Crippen molar-refractivity contribution in [2.75, 3.05) is 19.6 Å². The van der Waals surface area contributed by atoms with Gasteiger partial charge in [-0.15, -0.1) is 0 Å². The molecule has 2 heterocycles. The number of alkyl halides is 9. The number of carbonyl (C=O) groups excluding carboxylic acids is 1. The lowest BCUT2D eigenvalue weighted by molar-refractivity contribution is -0.236. The highest BCUT2D eigenvalue weighted by Gasteiger charge is 2.61. The molecule has 46 heavy (non-hydrogen) atoms. The van der Waals surface area contributed by atoms with E-state index in [1.807, 2.05) is 5.32 Å². The van der Waals surface area contributed by atoms with Gasteiger partial charge in [-0.1, -0.05) is 36.4 Å². The standard InChI is InChI=1S/C30H28F9N3O4/c1-16-13-21(29(34,35)36)23(24(43)41(16)2)20-8-4-6-18-17(5-3-7-19(18)20)14-22(25(44)45)40-26(46)27(30(37,38)39)9-11-42(12-10-27)15-28(31,32)33/h3-8,13,22H,9-12,14-15H2,1-2H3,(H,40,46)(H,44,45)/t22-/m0/s1. The third kappa shape index (κ3) is 6.86. The second kappa shape index (κ2) is 12.3. The molecule has 0 spiro atoms. The van der Waals surface area contributed by atoms with E-state index in [4.69, 9.17) is 0 Å². The Balaban J connectivity index is 1.71. The number of piperidine rings is 1. The number of likely N-dealkylation sites (tertiary alicyclic amines) is 1. The van der Waals surface area contributed by atoms with Gasteiger partial charge in [0.15, 0.2) is 0 Å². The van der Waals surface area contributed by atoms with E-state index in [0.29, 0.717) is 0 Å². The van der Waals surface area contributed by atoms with Gasteiger partial charge in [-0.2, -0.15) is 39.5 Å². The maximum atomic E-state index is 14.3. The predicted octanol–water partition coefficient (Wildman–Crippen LogP) is 5.85. The number of hydrogen-bond donors (Lipinski definition) is 2. The van der Waals surface area contributed by atoms with Gasteiger partial charge in [0.2, 0.25) is 5.91 Å². The monoisotopic (exact) mass is 665 g/mol. The molecule has 0 unspecified atom stereocenters. The molecule has 1 amide bonds. The molecule has 7 nitrogen and oxygen atoms in total.